The predicted octanol–water partition coefficient (Wildman–Crippen LogP) is 2.94. The molecule has 3 N–H and O–H groups in total. The molecule has 0 saturated heterocycles. The highest BCUT2D eigenvalue weighted by atomic mass is 19.1. The van der Waals surface area contributed by atoms with Crippen molar-refractivity contribution < 1.29 is 18.3 Å². The molecule has 0 radical (unpaired) electrons. The van der Waals surface area contributed by atoms with Crippen LogP contribution in [0.2, 0.25) is 0 Å². The number of furan rings is 1. The summed E-state index contributed by atoms with van der Waals surface area (Å²) in [6.07, 6.45) is 2.49. The van der Waals surface area contributed by atoms with Crippen molar-refractivity contribution in [1.29, 1.82) is 0 Å². The Labute approximate surface area is 121 Å². The molecule has 2 aromatic rings. The first kappa shape index (κ1) is 15.1. The number of nitrogen functional groups attached to an aromatic ring is 1. The van der Waals surface area contributed by atoms with Gasteiger partial charge in [0.15, 0.2) is 0 Å². The van der Waals surface area contributed by atoms with Crippen molar-refractivity contribution in [3.05, 3.63) is 48.2 Å². The lowest BCUT2D eigenvalue weighted by Gasteiger charge is -2.06. The van der Waals surface area contributed by atoms with Gasteiger partial charge in [-0.2, -0.15) is 0 Å². The van der Waals surface area contributed by atoms with Crippen LogP contribution in [0, 0.1) is 5.82 Å². The van der Waals surface area contributed by atoms with Crippen molar-refractivity contribution in [2.45, 2.75) is 19.4 Å². The summed E-state index contributed by atoms with van der Waals surface area (Å²) >= 11 is 0. The number of nitrogens with two attached hydrogens (primary N) is 1. The maximum atomic E-state index is 13.0. The Kier molecular flexibility index (Phi) is 5.34. The van der Waals surface area contributed by atoms with Crippen LogP contribution in [0.3, 0.4) is 0 Å². The first-order valence-corrected chi connectivity index (χ1v) is 6.60. The summed E-state index contributed by atoms with van der Waals surface area (Å²) in [5.74, 6) is 0.0863. The Morgan fingerprint density at radius 1 is 1.38 bits per heavy atom. The van der Waals surface area contributed by atoms with Crippen LogP contribution in [-0.2, 0) is 16.1 Å². The van der Waals surface area contributed by atoms with Crippen molar-refractivity contribution in [3.8, 4) is 0 Å². The molecule has 0 fully saturated rings. The Morgan fingerprint density at radius 2 is 2.24 bits per heavy atom. The van der Waals surface area contributed by atoms with Crippen molar-refractivity contribution in [1.82, 2.24) is 0 Å². The number of nitrogens with one attached hydrogen (secondary N) is 1. The van der Waals surface area contributed by atoms with Crippen LogP contribution in [0.4, 0.5) is 15.8 Å². The number of anilines is 2. The molecule has 0 bridgehead atoms. The monoisotopic (exact) mass is 292 g/mol. The fraction of sp³-hybridized carbons (Fsp3) is 0.267. The molecule has 0 aliphatic rings. The Morgan fingerprint density at radius 3 is 2.95 bits per heavy atom. The maximum Gasteiger partial charge on any atom is 0.224 e. The summed E-state index contributed by atoms with van der Waals surface area (Å²) in [6, 6.07) is 7.70. The van der Waals surface area contributed by atoms with Crippen LogP contribution in [0.25, 0.3) is 0 Å². The molecule has 5 nitrogen and oxygen atoms in total. The summed E-state index contributed by atoms with van der Waals surface area (Å²) in [4.78, 5) is 11.7. The molecule has 0 atom stereocenters. The van der Waals surface area contributed by atoms with Crippen molar-refractivity contribution in [2.24, 2.45) is 0 Å². The number of rotatable bonds is 7. The lowest BCUT2D eigenvalue weighted by Crippen LogP contribution is -2.12. The number of hydrogen-bond donors (Lipinski definition) is 2. The maximum absolute atomic E-state index is 13.0. The minimum Gasteiger partial charge on any atom is -0.467 e. The van der Waals surface area contributed by atoms with Gasteiger partial charge in [-0.05, 0) is 36.8 Å². The molecular formula is C15H17FN2O3. The topological polar surface area (TPSA) is 77.5 Å². The molecule has 112 valence electrons. The largest absolute Gasteiger partial charge is 0.467 e. The number of benzene rings is 1. The average Bonchev–Trinajstić information content (AvgIpc) is 2.96. The molecule has 1 amide bonds. The zero-order valence-electron chi connectivity index (χ0n) is 11.5. The highest BCUT2D eigenvalue weighted by molar-refractivity contribution is 5.91. The normalized spacial score (nSPS) is 10.5. The van der Waals surface area contributed by atoms with E-state index in [0.717, 1.165) is 5.76 Å². The number of amides is 1. The van der Waals surface area contributed by atoms with Gasteiger partial charge in [-0.25, -0.2) is 4.39 Å². The van der Waals surface area contributed by atoms with Gasteiger partial charge in [-0.3, -0.25) is 4.79 Å². The molecule has 0 aliphatic carbocycles. The zero-order valence-corrected chi connectivity index (χ0v) is 11.5. The average molecular weight is 292 g/mol. The summed E-state index contributed by atoms with van der Waals surface area (Å²) in [7, 11) is 0. The van der Waals surface area contributed by atoms with Crippen LogP contribution < -0.4 is 11.1 Å². The van der Waals surface area contributed by atoms with Crippen LogP contribution in [0.5, 0.6) is 0 Å². The quantitative estimate of drug-likeness (QED) is 0.607. The second-order valence-corrected chi connectivity index (χ2v) is 4.52. The Bertz CT molecular complexity index is 585. The van der Waals surface area contributed by atoms with Gasteiger partial charge in [0.2, 0.25) is 5.91 Å². The van der Waals surface area contributed by atoms with Crippen molar-refractivity contribution in [2.75, 3.05) is 17.7 Å². The summed E-state index contributed by atoms with van der Waals surface area (Å²) in [5, 5.41) is 2.65. The van der Waals surface area contributed by atoms with Gasteiger partial charge in [0.25, 0.3) is 0 Å². The van der Waals surface area contributed by atoms with Crippen molar-refractivity contribution >= 4 is 17.3 Å². The highest BCUT2D eigenvalue weighted by Crippen LogP contribution is 2.16. The predicted molar refractivity (Wildman–Crippen MR) is 77.0 cm³/mol. The van der Waals surface area contributed by atoms with Crippen LogP contribution >= 0.6 is 0 Å². The van der Waals surface area contributed by atoms with Gasteiger partial charge in [0, 0.05) is 18.7 Å². The van der Waals surface area contributed by atoms with Gasteiger partial charge in [-0.1, -0.05) is 0 Å². The smallest absolute Gasteiger partial charge is 0.224 e. The van der Waals surface area contributed by atoms with E-state index >= 15 is 0 Å². The first-order chi connectivity index (χ1) is 10.1. The summed E-state index contributed by atoms with van der Waals surface area (Å²) in [5.41, 5.74) is 5.92. The third-order valence-corrected chi connectivity index (χ3v) is 2.80. The number of ether oxygens (including phenoxy) is 1. The fourth-order valence-corrected chi connectivity index (χ4v) is 1.75. The molecule has 21 heavy (non-hydrogen) atoms. The molecule has 1 aromatic heterocycles. The molecule has 0 saturated carbocycles. The van der Waals surface area contributed by atoms with Gasteiger partial charge in [0.1, 0.15) is 18.2 Å². The lowest BCUT2D eigenvalue weighted by atomic mass is 10.2. The van der Waals surface area contributed by atoms with E-state index in [1.54, 1.807) is 12.3 Å². The second kappa shape index (κ2) is 7.44. The number of carbonyl (C=O) groups is 1. The van der Waals surface area contributed by atoms with E-state index in [4.69, 9.17) is 14.9 Å². The second-order valence-electron chi connectivity index (χ2n) is 4.52. The van der Waals surface area contributed by atoms with E-state index in [1.165, 1.54) is 18.2 Å². The van der Waals surface area contributed by atoms with E-state index in [9.17, 15) is 9.18 Å². The molecule has 1 aromatic carbocycles. The molecule has 1 heterocycles. The Balaban J connectivity index is 1.64. The number of carbonyl (C=O) groups excluding carboxylic acids is 1. The van der Waals surface area contributed by atoms with Gasteiger partial charge >= 0.3 is 0 Å². The summed E-state index contributed by atoms with van der Waals surface area (Å²) in [6.45, 7) is 0.850. The van der Waals surface area contributed by atoms with E-state index < -0.39 is 5.82 Å². The van der Waals surface area contributed by atoms with Crippen LogP contribution in [0.1, 0.15) is 18.6 Å². The van der Waals surface area contributed by atoms with E-state index in [-0.39, 0.29) is 11.6 Å². The number of hydrogen-bond acceptors (Lipinski definition) is 4. The zero-order chi connectivity index (χ0) is 15.1. The minimum absolute atomic E-state index is 0.00887. The molecule has 2 rings (SSSR count). The standard InChI is InChI=1S/C15H17FN2O3/c16-13-6-5-11(9-14(13)17)18-15(19)4-2-7-20-10-12-3-1-8-21-12/h1,3,5-6,8-9H,2,4,7,10,17H2,(H,18,19). The van der Waals surface area contributed by atoms with Gasteiger partial charge in [-0.15, -0.1) is 0 Å². The minimum atomic E-state index is -0.501. The van der Waals surface area contributed by atoms with Crippen LogP contribution in [-0.4, -0.2) is 12.5 Å². The third-order valence-electron chi connectivity index (χ3n) is 2.80. The lowest BCUT2D eigenvalue weighted by molar-refractivity contribution is -0.116. The molecular weight excluding hydrogens is 275 g/mol. The van der Waals surface area contributed by atoms with Gasteiger partial charge < -0.3 is 20.2 Å². The van der Waals surface area contributed by atoms with E-state index in [2.05, 4.69) is 5.32 Å². The third kappa shape index (κ3) is 4.92. The van der Waals surface area contributed by atoms with E-state index in [1.807, 2.05) is 6.07 Å². The highest BCUT2D eigenvalue weighted by Gasteiger charge is 2.05. The first-order valence-electron chi connectivity index (χ1n) is 6.60. The fourth-order valence-electron chi connectivity index (χ4n) is 1.75. The molecule has 0 spiro atoms. The molecule has 6 heteroatoms. The summed E-state index contributed by atoms with van der Waals surface area (Å²) < 4.78 is 23.5. The Hall–Kier alpha value is -2.34. The molecule has 0 aliphatic heterocycles. The number of halogens is 1. The van der Waals surface area contributed by atoms with Gasteiger partial charge in [0.05, 0.1) is 12.0 Å². The van der Waals surface area contributed by atoms with Crippen molar-refractivity contribution in [3.63, 3.8) is 0 Å². The molecule has 0 unspecified atom stereocenters. The van der Waals surface area contributed by atoms with Crippen LogP contribution in [0.15, 0.2) is 41.0 Å². The van der Waals surface area contributed by atoms with E-state index in [0.29, 0.717) is 31.7 Å². The SMILES string of the molecule is Nc1cc(NC(=O)CCCOCc2ccco2)ccc1F.